The van der Waals surface area contributed by atoms with Gasteiger partial charge < -0.3 is 0 Å². The van der Waals surface area contributed by atoms with Crippen LogP contribution in [0.15, 0.2) is 54.9 Å². The first kappa shape index (κ1) is 16.7. The van der Waals surface area contributed by atoms with Gasteiger partial charge in [0.15, 0.2) is 5.65 Å². The zero-order valence-electron chi connectivity index (χ0n) is 15.4. The van der Waals surface area contributed by atoms with Crippen LogP contribution in [-0.4, -0.2) is 26.8 Å². The second kappa shape index (κ2) is 5.88. The zero-order valence-corrected chi connectivity index (χ0v) is 15.4. The minimum atomic E-state index is -0.785. The van der Waals surface area contributed by atoms with E-state index >= 15 is 0 Å². The molecule has 4 nitrogen and oxygen atoms in total. The summed E-state index contributed by atoms with van der Waals surface area (Å²) in [6.45, 7) is 5.83. The molecule has 0 bridgehead atoms. The van der Waals surface area contributed by atoms with Crippen LogP contribution >= 0.6 is 0 Å². The number of fused-ring (bicyclic) bond motifs is 3. The summed E-state index contributed by atoms with van der Waals surface area (Å²) in [6.07, 6.45) is 1.56. The smallest absolute Gasteiger partial charge is 0.164 e. The summed E-state index contributed by atoms with van der Waals surface area (Å²) in [5, 5.41) is 7.23. The van der Waals surface area contributed by atoms with E-state index in [2.05, 4.69) is 35.2 Å². The van der Waals surface area contributed by atoms with Gasteiger partial charge in [-0.15, -0.1) is 9.60 Å². The molecule has 0 atom stereocenters. The van der Waals surface area contributed by atoms with Gasteiger partial charge in [-0.2, -0.15) is 5.10 Å². The molecule has 4 rings (SSSR count). The Morgan fingerprint density at radius 2 is 1.77 bits per heavy atom. The van der Waals surface area contributed by atoms with E-state index in [1.807, 2.05) is 48.7 Å². The Hall–Kier alpha value is -2.79. The van der Waals surface area contributed by atoms with Crippen molar-refractivity contribution in [1.29, 1.82) is 0 Å². The predicted octanol–water partition coefficient (Wildman–Crippen LogP) is 4.91. The minimum absolute atomic E-state index is 0.745. The van der Waals surface area contributed by atoms with Crippen molar-refractivity contribution in [3.05, 3.63) is 66.0 Å². The molecule has 0 amide bonds. The maximum Gasteiger partial charge on any atom is 0.164 e. The van der Waals surface area contributed by atoms with Gasteiger partial charge in [0.2, 0.25) is 0 Å². The fourth-order valence-corrected chi connectivity index (χ4v) is 3.58. The molecule has 2 heterocycles. The molecule has 0 spiro atoms. The third kappa shape index (κ3) is 2.31. The molecule has 2 aromatic heterocycles. The lowest BCUT2D eigenvalue weighted by molar-refractivity contribution is -0.0433. The van der Waals surface area contributed by atoms with Gasteiger partial charge in [-0.05, 0) is 37.3 Å². The van der Waals surface area contributed by atoms with Crippen molar-refractivity contribution in [2.75, 3.05) is 7.05 Å². The Morgan fingerprint density at radius 1 is 1.04 bits per heavy atom. The van der Waals surface area contributed by atoms with Crippen molar-refractivity contribution in [2.45, 2.75) is 26.3 Å². The predicted molar refractivity (Wildman–Crippen MR) is 103 cm³/mol. The first-order valence-corrected chi connectivity index (χ1v) is 8.63. The summed E-state index contributed by atoms with van der Waals surface area (Å²) in [5.74, 6) is 0. The molecule has 0 aliphatic heterocycles. The number of benzene rings is 2. The second-order valence-corrected chi connectivity index (χ2v) is 7.10. The monoisotopic (exact) mass is 348 g/mol. The van der Waals surface area contributed by atoms with Gasteiger partial charge in [-0.3, -0.25) is 0 Å². The van der Waals surface area contributed by atoms with Crippen LogP contribution in [0.5, 0.6) is 0 Å². The highest BCUT2D eigenvalue weighted by Gasteiger charge is 2.30. The van der Waals surface area contributed by atoms with E-state index in [4.69, 9.17) is 0 Å². The largest absolute Gasteiger partial charge is 0.215 e. The van der Waals surface area contributed by atoms with Crippen LogP contribution in [0, 0.1) is 6.92 Å². The van der Waals surface area contributed by atoms with E-state index in [0.717, 1.165) is 43.9 Å². The van der Waals surface area contributed by atoms with Crippen LogP contribution in [0.2, 0.25) is 0 Å². The topological polar surface area (TPSA) is 33.4 Å². The maximum atomic E-state index is 14.3. The number of aromatic nitrogens is 3. The number of pyridine rings is 1. The van der Waals surface area contributed by atoms with Gasteiger partial charge in [0.1, 0.15) is 6.33 Å². The Morgan fingerprint density at radius 3 is 2.46 bits per heavy atom. The highest BCUT2D eigenvalue weighted by molar-refractivity contribution is 6.02. The van der Waals surface area contributed by atoms with Crippen LogP contribution in [0.1, 0.15) is 25.0 Å². The van der Waals surface area contributed by atoms with E-state index in [1.54, 1.807) is 6.33 Å². The van der Waals surface area contributed by atoms with Crippen LogP contribution in [0.4, 0.5) is 4.48 Å². The van der Waals surface area contributed by atoms with Crippen molar-refractivity contribution < 1.29 is 4.48 Å². The van der Waals surface area contributed by atoms with Crippen molar-refractivity contribution in [3.8, 4) is 11.3 Å². The van der Waals surface area contributed by atoms with Gasteiger partial charge in [0.05, 0.1) is 11.2 Å². The number of nitrogens with zero attached hydrogens (tertiary/aromatic N) is 4. The normalized spacial score (nSPS) is 12.4. The highest BCUT2D eigenvalue weighted by Crippen LogP contribution is 2.38. The molecular formula is C21H21FN4. The first-order chi connectivity index (χ1) is 12.4. The molecule has 132 valence electrons. The van der Waals surface area contributed by atoms with Crippen molar-refractivity contribution in [3.63, 3.8) is 0 Å². The van der Waals surface area contributed by atoms with E-state index in [0.29, 0.717) is 0 Å². The van der Waals surface area contributed by atoms with Crippen LogP contribution < -0.4 is 0 Å². The molecule has 26 heavy (non-hydrogen) atoms. The van der Waals surface area contributed by atoms with Gasteiger partial charge >= 0.3 is 0 Å². The molecule has 0 aliphatic carbocycles. The Kier molecular flexibility index (Phi) is 3.77. The SMILES string of the molecule is Cc1c(-c2ccccc2)n2ncnc2c2c(C(C)(C)N(C)F)cccc12. The number of aryl methyl sites for hydroxylation is 1. The van der Waals surface area contributed by atoms with Crippen molar-refractivity contribution in [2.24, 2.45) is 0 Å². The molecule has 0 saturated heterocycles. The summed E-state index contributed by atoms with van der Waals surface area (Å²) in [5.41, 5.74) is 4.04. The average Bonchev–Trinajstić information content (AvgIpc) is 3.11. The van der Waals surface area contributed by atoms with Gasteiger partial charge in [0, 0.05) is 18.0 Å². The molecule has 2 aromatic carbocycles. The van der Waals surface area contributed by atoms with E-state index in [1.165, 1.54) is 7.05 Å². The fraction of sp³-hybridized carbons (Fsp3) is 0.238. The average molecular weight is 348 g/mol. The van der Waals surface area contributed by atoms with Crippen molar-refractivity contribution >= 4 is 16.4 Å². The Bertz CT molecular complexity index is 1100. The number of hydrogen-bond acceptors (Lipinski definition) is 3. The molecule has 4 aromatic rings. The molecular weight excluding hydrogens is 327 g/mol. The number of rotatable bonds is 3. The van der Waals surface area contributed by atoms with Gasteiger partial charge in [-0.1, -0.05) is 48.5 Å². The maximum absolute atomic E-state index is 14.3. The molecule has 0 unspecified atom stereocenters. The summed E-state index contributed by atoms with van der Waals surface area (Å²) in [6, 6.07) is 16.2. The molecule has 5 heteroatoms. The van der Waals surface area contributed by atoms with E-state index in [-0.39, 0.29) is 0 Å². The number of halogens is 1. The van der Waals surface area contributed by atoms with Crippen LogP contribution in [-0.2, 0) is 5.54 Å². The lowest BCUT2D eigenvalue weighted by atomic mass is 9.88. The zero-order chi connectivity index (χ0) is 18.5. The minimum Gasteiger partial charge on any atom is -0.215 e. The quantitative estimate of drug-likeness (QED) is 0.493. The standard InChI is InChI=1S/C21H21FN4/c1-14-16-11-8-12-17(21(2,3)25(4)22)18(16)20-23-13-24-26(20)19(14)15-9-6-5-7-10-15/h5-13H,1-4H3. The molecule has 0 N–H and O–H groups in total. The summed E-state index contributed by atoms with van der Waals surface area (Å²) in [4.78, 5) is 4.52. The number of hydrogen-bond donors (Lipinski definition) is 0. The van der Waals surface area contributed by atoms with E-state index in [9.17, 15) is 4.48 Å². The fourth-order valence-electron chi connectivity index (χ4n) is 3.58. The molecule has 0 aliphatic rings. The lowest BCUT2D eigenvalue weighted by Crippen LogP contribution is -2.32. The summed E-state index contributed by atoms with van der Waals surface area (Å²) in [7, 11) is 1.45. The van der Waals surface area contributed by atoms with E-state index < -0.39 is 5.54 Å². The van der Waals surface area contributed by atoms with Crippen molar-refractivity contribution in [1.82, 2.24) is 19.7 Å². The highest BCUT2D eigenvalue weighted by atomic mass is 19.2. The molecule has 0 fully saturated rings. The van der Waals surface area contributed by atoms with Gasteiger partial charge in [0.25, 0.3) is 0 Å². The third-order valence-electron chi connectivity index (χ3n) is 5.28. The molecule has 0 saturated carbocycles. The molecule has 0 radical (unpaired) electrons. The first-order valence-electron chi connectivity index (χ1n) is 8.63. The van der Waals surface area contributed by atoms with Crippen LogP contribution in [0.25, 0.3) is 27.7 Å². The summed E-state index contributed by atoms with van der Waals surface area (Å²) >= 11 is 0. The van der Waals surface area contributed by atoms with Gasteiger partial charge in [-0.25, -0.2) is 9.50 Å². The summed E-state index contributed by atoms with van der Waals surface area (Å²) < 4.78 is 16.1. The van der Waals surface area contributed by atoms with Crippen LogP contribution in [0.3, 0.4) is 0 Å². The third-order valence-corrected chi connectivity index (χ3v) is 5.28. The Labute approximate surface area is 151 Å². The second-order valence-electron chi connectivity index (χ2n) is 7.10. The lowest BCUT2D eigenvalue weighted by Gasteiger charge is -2.30. The Balaban J connectivity index is 2.18.